The maximum absolute atomic E-state index is 6.17. The van der Waals surface area contributed by atoms with Gasteiger partial charge in [0, 0.05) is 11.1 Å². The van der Waals surface area contributed by atoms with Crippen LogP contribution in [0.15, 0.2) is 30.3 Å². The van der Waals surface area contributed by atoms with Crippen LogP contribution in [-0.4, -0.2) is 4.98 Å². The molecule has 1 fully saturated rings. The zero-order chi connectivity index (χ0) is 10.5. The zero-order valence-corrected chi connectivity index (χ0v) is 8.83. The van der Waals surface area contributed by atoms with Gasteiger partial charge in [-0.2, -0.15) is 0 Å². The van der Waals surface area contributed by atoms with E-state index in [1.165, 1.54) is 10.8 Å². The minimum absolute atomic E-state index is 0.130. The van der Waals surface area contributed by atoms with Gasteiger partial charge in [-0.1, -0.05) is 24.3 Å². The van der Waals surface area contributed by atoms with E-state index in [0.717, 1.165) is 24.2 Å². The highest BCUT2D eigenvalue weighted by Gasteiger charge is 2.41. The smallest absolute Gasteiger partial charge is 0.0612 e. The molecule has 3 rings (SSSR count). The molecule has 0 aliphatic heterocycles. The average molecular weight is 198 g/mol. The maximum atomic E-state index is 6.17. The Bertz CT molecular complexity index is 527. The lowest BCUT2D eigenvalue weighted by molar-refractivity contribution is 0.706. The molecule has 2 nitrogen and oxygen atoms in total. The topological polar surface area (TPSA) is 38.9 Å². The number of nitrogens with two attached hydrogens (primary N) is 1. The van der Waals surface area contributed by atoms with Crippen molar-refractivity contribution in [3.05, 3.63) is 41.7 Å². The fourth-order valence-electron chi connectivity index (χ4n) is 2.02. The fourth-order valence-corrected chi connectivity index (χ4v) is 2.02. The summed E-state index contributed by atoms with van der Waals surface area (Å²) in [6.07, 6.45) is 2.13. The van der Waals surface area contributed by atoms with Crippen LogP contribution >= 0.6 is 0 Å². The molecule has 76 valence electrons. The predicted molar refractivity (Wildman–Crippen MR) is 61.6 cm³/mol. The van der Waals surface area contributed by atoms with Crippen molar-refractivity contribution in [3.63, 3.8) is 0 Å². The standard InChI is InChI=1S/C13H14N2/c1-9-11-5-3-2-4-10(11)8-12(15-9)13(14)6-7-13/h2-5,8H,6-7,14H2,1H3. The molecule has 0 unspecified atom stereocenters. The summed E-state index contributed by atoms with van der Waals surface area (Å²) in [4.78, 5) is 4.61. The van der Waals surface area contributed by atoms with E-state index in [1.54, 1.807) is 0 Å². The Hall–Kier alpha value is -1.41. The summed E-state index contributed by atoms with van der Waals surface area (Å²) in [5.74, 6) is 0. The van der Waals surface area contributed by atoms with Crippen LogP contribution in [0.2, 0.25) is 0 Å². The summed E-state index contributed by atoms with van der Waals surface area (Å²) in [6.45, 7) is 2.05. The molecule has 1 aliphatic carbocycles. The predicted octanol–water partition coefficient (Wildman–Crippen LogP) is 2.49. The number of aromatic nitrogens is 1. The molecule has 1 heterocycles. The Morgan fingerprint density at radius 3 is 2.73 bits per heavy atom. The van der Waals surface area contributed by atoms with Crippen molar-refractivity contribution < 1.29 is 0 Å². The minimum atomic E-state index is -0.130. The van der Waals surface area contributed by atoms with Crippen LogP contribution in [-0.2, 0) is 5.54 Å². The summed E-state index contributed by atoms with van der Waals surface area (Å²) < 4.78 is 0. The largest absolute Gasteiger partial charge is 0.320 e. The lowest BCUT2D eigenvalue weighted by Crippen LogP contribution is -2.20. The van der Waals surface area contributed by atoms with E-state index in [2.05, 4.69) is 36.2 Å². The second-order valence-electron chi connectivity index (χ2n) is 4.47. The molecule has 0 radical (unpaired) electrons. The van der Waals surface area contributed by atoms with Gasteiger partial charge in [0.15, 0.2) is 0 Å². The van der Waals surface area contributed by atoms with Gasteiger partial charge in [0.25, 0.3) is 0 Å². The number of aryl methyl sites for hydroxylation is 1. The Kier molecular flexibility index (Phi) is 1.65. The Morgan fingerprint density at radius 2 is 2.00 bits per heavy atom. The molecular weight excluding hydrogens is 184 g/mol. The minimum Gasteiger partial charge on any atom is -0.320 e. The van der Waals surface area contributed by atoms with Gasteiger partial charge >= 0.3 is 0 Å². The third-order valence-electron chi connectivity index (χ3n) is 3.23. The van der Waals surface area contributed by atoms with Gasteiger partial charge in [-0.15, -0.1) is 0 Å². The number of rotatable bonds is 1. The number of fused-ring (bicyclic) bond motifs is 1. The summed E-state index contributed by atoms with van der Waals surface area (Å²) in [5, 5.41) is 2.47. The van der Waals surface area contributed by atoms with Gasteiger partial charge in [-0.3, -0.25) is 4.98 Å². The summed E-state index contributed by atoms with van der Waals surface area (Å²) in [7, 11) is 0. The van der Waals surface area contributed by atoms with Crippen molar-refractivity contribution >= 4 is 10.8 Å². The first kappa shape index (κ1) is 8.86. The number of nitrogens with zero attached hydrogens (tertiary/aromatic N) is 1. The highest BCUT2D eigenvalue weighted by molar-refractivity contribution is 5.84. The van der Waals surface area contributed by atoms with Crippen LogP contribution in [0.1, 0.15) is 24.2 Å². The van der Waals surface area contributed by atoms with Gasteiger partial charge in [0.2, 0.25) is 0 Å². The number of hydrogen-bond acceptors (Lipinski definition) is 2. The van der Waals surface area contributed by atoms with Crippen LogP contribution in [0.3, 0.4) is 0 Å². The number of pyridine rings is 1. The van der Waals surface area contributed by atoms with E-state index < -0.39 is 0 Å². The molecule has 2 aromatic rings. The van der Waals surface area contributed by atoms with Crippen molar-refractivity contribution in [1.29, 1.82) is 0 Å². The van der Waals surface area contributed by atoms with Gasteiger partial charge in [-0.05, 0) is 31.2 Å². The van der Waals surface area contributed by atoms with Crippen LogP contribution in [0.4, 0.5) is 0 Å². The molecule has 1 aromatic heterocycles. The summed E-state index contributed by atoms with van der Waals surface area (Å²) in [6, 6.07) is 10.5. The Morgan fingerprint density at radius 1 is 1.27 bits per heavy atom. The molecule has 2 N–H and O–H groups in total. The van der Waals surface area contributed by atoms with Crippen molar-refractivity contribution in [3.8, 4) is 0 Å². The van der Waals surface area contributed by atoms with Crippen LogP contribution in [0.5, 0.6) is 0 Å². The highest BCUT2D eigenvalue weighted by atomic mass is 14.9. The van der Waals surface area contributed by atoms with E-state index in [4.69, 9.17) is 5.73 Å². The number of hydrogen-bond donors (Lipinski definition) is 1. The third-order valence-corrected chi connectivity index (χ3v) is 3.23. The van der Waals surface area contributed by atoms with Gasteiger partial charge < -0.3 is 5.73 Å². The van der Waals surface area contributed by atoms with Gasteiger partial charge in [0.1, 0.15) is 0 Å². The monoisotopic (exact) mass is 198 g/mol. The molecule has 0 bridgehead atoms. The van der Waals surface area contributed by atoms with Crippen LogP contribution in [0, 0.1) is 6.92 Å². The van der Waals surface area contributed by atoms with Crippen LogP contribution in [0.25, 0.3) is 10.8 Å². The van der Waals surface area contributed by atoms with E-state index in [9.17, 15) is 0 Å². The van der Waals surface area contributed by atoms with Crippen LogP contribution < -0.4 is 5.73 Å². The third kappa shape index (κ3) is 1.33. The normalized spacial score (nSPS) is 18.0. The molecule has 1 saturated carbocycles. The van der Waals surface area contributed by atoms with E-state index in [1.807, 2.05) is 6.07 Å². The molecule has 0 saturated heterocycles. The average Bonchev–Trinajstić information content (AvgIpc) is 2.98. The molecule has 2 heteroatoms. The van der Waals surface area contributed by atoms with E-state index in [0.29, 0.717) is 0 Å². The molecule has 0 amide bonds. The molecule has 1 aromatic carbocycles. The first-order valence-corrected chi connectivity index (χ1v) is 5.35. The van der Waals surface area contributed by atoms with Crippen molar-refractivity contribution in [2.75, 3.05) is 0 Å². The first-order valence-electron chi connectivity index (χ1n) is 5.35. The zero-order valence-electron chi connectivity index (χ0n) is 8.83. The first-order chi connectivity index (χ1) is 7.19. The summed E-state index contributed by atoms with van der Waals surface area (Å²) >= 11 is 0. The molecular formula is C13H14N2. The number of benzene rings is 1. The fraction of sp³-hybridized carbons (Fsp3) is 0.308. The van der Waals surface area contributed by atoms with Crippen molar-refractivity contribution in [2.24, 2.45) is 5.73 Å². The maximum Gasteiger partial charge on any atom is 0.0612 e. The summed E-state index contributed by atoms with van der Waals surface area (Å²) in [5.41, 5.74) is 8.17. The molecule has 0 atom stereocenters. The van der Waals surface area contributed by atoms with Gasteiger partial charge in [-0.25, -0.2) is 0 Å². The molecule has 1 aliphatic rings. The Balaban J connectivity index is 2.27. The van der Waals surface area contributed by atoms with Crippen molar-refractivity contribution in [2.45, 2.75) is 25.3 Å². The lowest BCUT2D eigenvalue weighted by atomic mass is 10.1. The molecule has 15 heavy (non-hydrogen) atoms. The Labute approximate surface area is 89.1 Å². The highest BCUT2D eigenvalue weighted by Crippen LogP contribution is 2.42. The second kappa shape index (κ2) is 2.80. The van der Waals surface area contributed by atoms with Gasteiger partial charge in [0.05, 0.1) is 11.2 Å². The molecule has 0 spiro atoms. The quantitative estimate of drug-likeness (QED) is 0.764. The lowest BCUT2D eigenvalue weighted by Gasteiger charge is -2.11. The van der Waals surface area contributed by atoms with Crippen molar-refractivity contribution in [1.82, 2.24) is 4.98 Å². The van der Waals surface area contributed by atoms with E-state index >= 15 is 0 Å². The SMILES string of the molecule is Cc1nc(C2(N)CC2)cc2ccccc12. The van der Waals surface area contributed by atoms with E-state index in [-0.39, 0.29) is 5.54 Å². The second-order valence-corrected chi connectivity index (χ2v) is 4.47.